The smallest absolute Gasteiger partial charge is 0.326 e. The van der Waals surface area contributed by atoms with Gasteiger partial charge < -0.3 is 5.73 Å². The second kappa shape index (κ2) is 4.53. The summed E-state index contributed by atoms with van der Waals surface area (Å²) in [6.45, 7) is -0.309. The van der Waals surface area contributed by atoms with Crippen LogP contribution in [0.4, 0.5) is 18.9 Å². The highest BCUT2D eigenvalue weighted by molar-refractivity contribution is 14.1. The van der Waals surface area contributed by atoms with E-state index in [0.29, 0.717) is 6.07 Å². The SMILES string of the molecule is NCc1cc(C(F)(F)F)cc(I)c1[N+](=O)[O-]. The van der Waals surface area contributed by atoms with E-state index in [4.69, 9.17) is 5.73 Å². The van der Waals surface area contributed by atoms with E-state index in [0.717, 1.165) is 6.07 Å². The highest BCUT2D eigenvalue weighted by Gasteiger charge is 2.33. The lowest BCUT2D eigenvalue weighted by Gasteiger charge is -2.09. The summed E-state index contributed by atoms with van der Waals surface area (Å²) in [5.74, 6) is 0. The van der Waals surface area contributed by atoms with Gasteiger partial charge in [0.1, 0.15) is 0 Å². The fraction of sp³-hybridized carbons (Fsp3) is 0.250. The number of halogens is 4. The van der Waals surface area contributed by atoms with Gasteiger partial charge in [0, 0.05) is 12.1 Å². The van der Waals surface area contributed by atoms with Gasteiger partial charge in [-0.05, 0) is 34.7 Å². The Morgan fingerprint density at radius 3 is 2.38 bits per heavy atom. The zero-order chi connectivity index (χ0) is 12.5. The van der Waals surface area contributed by atoms with Crippen molar-refractivity contribution in [3.05, 3.63) is 36.9 Å². The van der Waals surface area contributed by atoms with Crippen LogP contribution in [0.2, 0.25) is 0 Å². The molecule has 88 valence electrons. The number of rotatable bonds is 2. The van der Waals surface area contributed by atoms with Crippen molar-refractivity contribution in [3.63, 3.8) is 0 Å². The van der Waals surface area contributed by atoms with Crippen molar-refractivity contribution < 1.29 is 18.1 Å². The standard InChI is InChI=1S/C8H6F3IN2O2/c9-8(10,11)5-1-4(3-13)7(14(15)16)6(12)2-5/h1-2H,3,13H2. The Hall–Kier alpha value is -0.900. The molecule has 1 aromatic carbocycles. The predicted molar refractivity (Wildman–Crippen MR) is 58.7 cm³/mol. The van der Waals surface area contributed by atoms with Crippen molar-refractivity contribution in [1.29, 1.82) is 0 Å². The number of hydrogen-bond donors (Lipinski definition) is 1. The second-order valence-electron chi connectivity index (χ2n) is 2.92. The summed E-state index contributed by atoms with van der Waals surface area (Å²) in [4.78, 5) is 9.89. The van der Waals surface area contributed by atoms with Gasteiger partial charge in [-0.1, -0.05) is 0 Å². The molecule has 0 aromatic heterocycles. The van der Waals surface area contributed by atoms with Crippen molar-refractivity contribution in [3.8, 4) is 0 Å². The van der Waals surface area contributed by atoms with E-state index in [1.807, 2.05) is 0 Å². The van der Waals surface area contributed by atoms with Gasteiger partial charge in [0.05, 0.1) is 14.1 Å². The zero-order valence-electron chi connectivity index (χ0n) is 7.71. The highest BCUT2D eigenvalue weighted by Crippen LogP contribution is 2.35. The minimum Gasteiger partial charge on any atom is -0.326 e. The Morgan fingerprint density at radius 2 is 2.00 bits per heavy atom. The number of nitro benzene ring substituents is 1. The average Bonchev–Trinajstić information content (AvgIpc) is 2.14. The summed E-state index contributed by atoms with van der Waals surface area (Å²) < 4.78 is 37.1. The first-order chi connectivity index (χ1) is 7.27. The van der Waals surface area contributed by atoms with Crippen LogP contribution in [0.3, 0.4) is 0 Å². The van der Waals surface area contributed by atoms with Crippen LogP contribution in [0.15, 0.2) is 12.1 Å². The van der Waals surface area contributed by atoms with Gasteiger partial charge in [-0.3, -0.25) is 10.1 Å². The molecule has 0 bridgehead atoms. The molecule has 0 aliphatic rings. The summed E-state index contributed by atoms with van der Waals surface area (Å²) in [6, 6.07) is 1.44. The molecule has 0 radical (unpaired) electrons. The Labute approximate surface area is 102 Å². The fourth-order valence-electron chi connectivity index (χ4n) is 1.18. The molecule has 1 rings (SSSR count). The molecule has 0 saturated carbocycles. The number of hydrogen-bond acceptors (Lipinski definition) is 3. The maximum atomic E-state index is 12.4. The van der Waals surface area contributed by atoms with Crippen LogP contribution in [0.25, 0.3) is 0 Å². The van der Waals surface area contributed by atoms with E-state index in [9.17, 15) is 23.3 Å². The molecule has 0 aliphatic heterocycles. The third-order valence-corrected chi connectivity index (χ3v) is 2.69. The third-order valence-electron chi connectivity index (χ3n) is 1.87. The molecular weight excluding hydrogens is 340 g/mol. The maximum absolute atomic E-state index is 12.4. The van der Waals surface area contributed by atoms with Crippen LogP contribution in [-0.4, -0.2) is 4.92 Å². The van der Waals surface area contributed by atoms with Gasteiger partial charge in [0.2, 0.25) is 0 Å². The summed E-state index contributed by atoms with van der Waals surface area (Å²) in [5.41, 5.74) is 3.78. The van der Waals surface area contributed by atoms with Gasteiger partial charge in [-0.2, -0.15) is 13.2 Å². The van der Waals surface area contributed by atoms with Crippen molar-refractivity contribution in [2.75, 3.05) is 0 Å². The van der Waals surface area contributed by atoms with Gasteiger partial charge in [0.25, 0.3) is 5.69 Å². The van der Waals surface area contributed by atoms with E-state index in [1.54, 1.807) is 0 Å². The number of nitro groups is 1. The molecule has 2 N–H and O–H groups in total. The summed E-state index contributed by atoms with van der Waals surface area (Å²) >= 11 is 1.49. The maximum Gasteiger partial charge on any atom is 0.416 e. The lowest BCUT2D eigenvalue weighted by atomic mass is 10.1. The minimum atomic E-state index is -4.53. The zero-order valence-corrected chi connectivity index (χ0v) is 9.87. The van der Waals surface area contributed by atoms with Crippen LogP contribution in [0.1, 0.15) is 11.1 Å². The van der Waals surface area contributed by atoms with Crippen LogP contribution < -0.4 is 5.73 Å². The highest BCUT2D eigenvalue weighted by atomic mass is 127. The molecule has 8 heteroatoms. The van der Waals surface area contributed by atoms with E-state index in [2.05, 4.69) is 0 Å². The molecule has 16 heavy (non-hydrogen) atoms. The Morgan fingerprint density at radius 1 is 1.44 bits per heavy atom. The van der Waals surface area contributed by atoms with Crippen LogP contribution >= 0.6 is 22.6 Å². The summed E-state index contributed by atoms with van der Waals surface area (Å²) in [7, 11) is 0. The van der Waals surface area contributed by atoms with Crippen LogP contribution in [-0.2, 0) is 12.7 Å². The molecule has 0 saturated heterocycles. The van der Waals surface area contributed by atoms with Crippen molar-refractivity contribution in [2.24, 2.45) is 5.73 Å². The molecule has 0 spiro atoms. The summed E-state index contributed by atoms with van der Waals surface area (Å²) in [5, 5.41) is 10.6. The number of benzene rings is 1. The van der Waals surface area contributed by atoms with Crippen molar-refractivity contribution in [1.82, 2.24) is 0 Å². The normalized spacial score (nSPS) is 11.6. The lowest BCUT2D eigenvalue weighted by Crippen LogP contribution is -2.10. The van der Waals surface area contributed by atoms with Gasteiger partial charge in [-0.15, -0.1) is 0 Å². The van der Waals surface area contributed by atoms with E-state index < -0.39 is 16.7 Å². The topological polar surface area (TPSA) is 69.2 Å². The van der Waals surface area contributed by atoms with Gasteiger partial charge in [-0.25, -0.2) is 0 Å². The first kappa shape index (κ1) is 13.2. The van der Waals surface area contributed by atoms with E-state index in [1.165, 1.54) is 22.6 Å². The first-order valence-electron chi connectivity index (χ1n) is 4.01. The largest absolute Gasteiger partial charge is 0.416 e. The van der Waals surface area contributed by atoms with Gasteiger partial charge in [0.15, 0.2) is 0 Å². The Balaban J connectivity index is 3.44. The third kappa shape index (κ3) is 2.61. The Bertz CT molecular complexity index is 434. The van der Waals surface area contributed by atoms with E-state index in [-0.39, 0.29) is 21.4 Å². The van der Waals surface area contributed by atoms with Crippen molar-refractivity contribution in [2.45, 2.75) is 12.7 Å². The van der Waals surface area contributed by atoms with E-state index >= 15 is 0 Å². The lowest BCUT2D eigenvalue weighted by molar-refractivity contribution is -0.386. The van der Waals surface area contributed by atoms with Crippen LogP contribution in [0.5, 0.6) is 0 Å². The minimum absolute atomic E-state index is 0.0714. The molecule has 0 atom stereocenters. The number of nitrogens with two attached hydrogens (primary N) is 1. The molecule has 1 aromatic rings. The molecule has 0 heterocycles. The summed E-state index contributed by atoms with van der Waals surface area (Å²) in [6.07, 6.45) is -4.53. The van der Waals surface area contributed by atoms with Gasteiger partial charge >= 0.3 is 6.18 Å². The number of nitrogens with zero attached hydrogens (tertiary/aromatic N) is 1. The second-order valence-corrected chi connectivity index (χ2v) is 4.09. The molecule has 4 nitrogen and oxygen atoms in total. The number of alkyl halides is 3. The predicted octanol–water partition coefficient (Wildman–Crippen LogP) is 2.68. The van der Waals surface area contributed by atoms with Crippen LogP contribution in [0, 0.1) is 13.7 Å². The first-order valence-corrected chi connectivity index (χ1v) is 5.09. The average molecular weight is 346 g/mol. The molecular formula is C8H6F3IN2O2. The Kier molecular flexibility index (Phi) is 3.73. The fourth-order valence-corrected chi connectivity index (χ4v) is 2.06. The molecule has 0 fully saturated rings. The quantitative estimate of drug-likeness (QED) is 0.509. The van der Waals surface area contributed by atoms with Crippen molar-refractivity contribution >= 4 is 28.3 Å². The molecule has 0 unspecified atom stereocenters. The molecule has 0 aliphatic carbocycles. The molecule has 0 amide bonds. The monoisotopic (exact) mass is 346 g/mol.